The van der Waals surface area contributed by atoms with Gasteiger partial charge in [0.2, 0.25) is 5.88 Å². The number of nitrogens with zero attached hydrogens (tertiary/aromatic N) is 4. The number of hydrogen-bond acceptors (Lipinski definition) is 7. The number of ether oxygens (including phenoxy) is 2. The standard InChI is InChI=1S/C21H16F3N5O4S/c1-14-26-19(29-11-10-25-13-29)12-20(27-14)32-16-4-2-15(3-5-16)28-34(30,31)18-8-6-17(7-9-18)33-21(22,23)24/h2-13,28H,1H3. The maximum atomic E-state index is 12.5. The molecule has 0 unspecified atom stereocenters. The topological polar surface area (TPSA) is 108 Å². The van der Waals surface area contributed by atoms with Gasteiger partial charge in [0.1, 0.15) is 29.5 Å². The van der Waals surface area contributed by atoms with E-state index in [1.807, 2.05) is 0 Å². The second-order valence-corrected chi connectivity index (χ2v) is 8.52. The van der Waals surface area contributed by atoms with Gasteiger partial charge in [0.25, 0.3) is 10.0 Å². The highest BCUT2D eigenvalue weighted by Crippen LogP contribution is 2.26. The van der Waals surface area contributed by atoms with Gasteiger partial charge in [0.05, 0.1) is 4.90 Å². The van der Waals surface area contributed by atoms with Crippen LogP contribution in [0, 0.1) is 6.92 Å². The Morgan fingerprint density at radius 2 is 1.65 bits per heavy atom. The normalized spacial score (nSPS) is 11.8. The minimum absolute atomic E-state index is 0.223. The van der Waals surface area contributed by atoms with Gasteiger partial charge in [0, 0.05) is 24.1 Å². The van der Waals surface area contributed by atoms with Crippen LogP contribution in [0.25, 0.3) is 5.82 Å². The Morgan fingerprint density at radius 3 is 2.26 bits per heavy atom. The number of anilines is 1. The molecule has 0 spiro atoms. The van der Waals surface area contributed by atoms with Gasteiger partial charge in [-0.05, 0) is 55.5 Å². The fourth-order valence-electron chi connectivity index (χ4n) is 2.85. The van der Waals surface area contributed by atoms with Crippen LogP contribution in [0.5, 0.6) is 17.4 Å². The molecule has 0 aliphatic carbocycles. The van der Waals surface area contributed by atoms with Crippen LogP contribution >= 0.6 is 0 Å². The van der Waals surface area contributed by atoms with E-state index >= 15 is 0 Å². The number of aryl methyl sites for hydroxylation is 1. The molecule has 0 fully saturated rings. The smallest absolute Gasteiger partial charge is 0.439 e. The molecule has 0 atom stereocenters. The first-order valence-corrected chi connectivity index (χ1v) is 11.1. The number of alkyl halides is 3. The molecule has 13 heteroatoms. The van der Waals surface area contributed by atoms with E-state index in [0.29, 0.717) is 17.4 Å². The van der Waals surface area contributed by atoms with Crippen molar-refractivity contribution in [3.8, 4) is 23.2 Å². The Hall–Kier alpha value is -4.13. The van der Waals surface area contributed by atoms with Crippen molar-refractivity contribution < 1.29 is 31.1 Å². The number of rotatable bonds is 7. The lowest BCUT2D eigenvalue weighted by atomic mass is 10.3. The maximum Gasteiger partial charge on any atom is 0.573 e. The van der Waals surface area contributed by atoms with Crippen molar-refractivity contribution >= 4 is 15.7 Å². The summed E-state index contributed by atoms with van der Waals surface area (Å²) >= 11 is 0. The Kier molecular flexibility index (Phi) is 6.11. The Labute approximate surface area is 191 Å². The highest BCUT2D eigenvalue weighted by atomic mass is 32.2. The molecule has 1 N–H and O–H groups in total. The van der Waals surface area contributed by atoms with Gasteiger partial charge in [-0.2, -0.15) is 4.98 Å². The average molecular weight is 491 g/mol. The van der Waals surface area contributed by atoms with Crippen LogP contribution in [0.2, 0.25) is 0 Å². The molecule has 9 nitrogen and oxygen atoms in total. The minimum Gasteiger partial charge on any atom is -0.439 e. The monoisotopic (exact) mass is 491 g/mol. The first-order chi connectivity index (χ1) is 16.1. The Morgan fingerprint density at radius 1 is 0.971 bits per heavy atom. The van der Waals surface area contributed by atoms with Crippen LogP contribution < -0.4 is 14.2 Å². The van der Waals surface area contributed by atoms with Crippen LogP contribution in [0.3, 0.4) is 0 Å². The number of sulfonamides is 1. The van der Waals surface area contributed by atoms with E-state index in [9.17, 15) is 21.6 Å². The van der Waals surface area contributed by atoms with Gasteiger partial charge >= 0.3 is 6.36 Å². The minimum atomic E-state index is -4.87. The van der Waals surface area contributed by atoms with Crippen LogP contribution in [-0.4, -0.2) is 34.3 Å². The van der Waals surface area contributed by atoms with E-state index in [2.05, 4.69) is 24.4 Å². The summed E-state index contributed by atoms with van der Waals surface area (Å²) in [4.78, 5) is 12.3. The predicted molar refractivity (Wildman–Crippen MR) is 114 cm³/mol. The molecular weight excluding hydrogens is 475 g/mol. The van der Waals surface area contributed by atoms with E-state index in [-0.39, 0.29) is 16.5 Å². The third-order valence-corrected chi connectivity index (χ3v) is 5.66. The number of benzene rings is 2. The molecule has 0 saturated carbocycles. The van der Waals surface area contributed by atoms with Crippen LogP contribution in [0.1, 0.15) is 5.82 Å². The molecule has 0 amide bonds. The molecule has 0 bridgehead atoms. The largest absolute Gasteiger partial charge is 0.573 e. The zero-order valence-electron chi connectivity index (χ0n) is 17.4. The van der Waals surface area contributed by atoms with Crippen LogP contribution in [-0.2, 0) is 10.0 Å². The molecule has 0 aliphatic rings. The van der Waals surface area contributed by atoms with Gasteiger partial charge in [-0.15, -0.1) is 13.2 Å². The van der Waals surface area contributed by atoms with Crippen molar-refractivity contribution in [2.45, 2.75) is 18.2 Å². The molecule has 0 radical (unpaired) electrons. The maximum absolute atomic E-state index is 12.5. The summed E-state index contributed by atoms with van der Waals surface area (Å²) in [5, 5.41) is 0. The summed E-state index contributed by atoms with van der Waals surface area (Å²) in [5.41, 5.74) is 0.223. The molecule has 4 aromatic rings. The van der Waals surface area contributed by atoms with E-state index in [4.69, 9.17) is 4.74 Å². The van der Waals surface area contributed by atoms with Gasteiger partial charge in [-0.3, -0.25) is 9.29 Å². The summed E-state index contributed by atoms with van der Waals surface area (Å²) in [6.45, 7) is 1.72. The summed E-state index contributed by atoms with van der Waals surface area (Å²) in [6, 6.07) is 11.5. The molecule has 2 aromatic heterocycles. The van der Waals surface area contributed by atoms with Crippen molar-refractivity contribution in [2.24, 2.45) is 0 Å². The quantitative estimate of drug-likeness (QED) is 0.407. The third-order valence-electron chi connectivity index (χ3n) is 4.27. The second kappa shape index (κ2) is 9.02. The molecule has 4 rings (SSSR count). The van der Waals surface area contributed by atoms with Gasteiger partial charge in [0.15, 0.2) is 0 Å². The molecule has 176 valence electrons. The van der Waals surface area contributed by atoms with E-state index < -0.39 is 22.1 Å². The third kappa shape index (κ3) is 5.81. The van der Waals surface area contributed by atoms with Crippen LogP contribution in [0.4, 0.5) is 18.9 Å². The van der Waals surface area contributed by atoms with Crippen molar-refractivity contribution in [1.82, 2.24) is 19.5 Å². The van der Waals surface area contributed by atoms with Crippen molar-refractivity contribution in [2.75, 3.05) is 4.72 Å². The highest BCUT2D eigenvalue weighted by Gasteiger charge is 2.31. The molecule has 2 heterocycles. The van der Waals surface area contributed by atoms with Gasteiger partial charge < -0.3 is 9.47 Å². The van der Waals surface area contributed by atoms with Crippen molar-refractivity contribution in [1.29, 1.82) is 0 Å². The second-order valence-electron chi connectivity index (χ2n) is 6.83. The Bertz CT molecular complexity index is 1380. The van der Waals surface area contributed by atoms with Gasteiger partial charge in [-0.25, -0.2) is 18.4 Å². The van der Waals surface area contributed by atoms with E-state index in [1.54, 1.807) is 36.3 Å². The number of halogens is 3. The fraction of sp³-hybridized carbons (Fsp3) is 0.0952. The first kappa shape index (κ1) is 23.0. The van der Waals surface area contributed by atoms with Crippen molar-refractivity contribution in [3.63, 3.8) is 0 Å². The number of hydrogen-bond donors (Lipinski definition) is 1. The molecule has 2 aromatic carbocycles. The lowest BCUT2D eigenvalue weighted by Crippen LogP contribution is -2.17. The number of aromatic nitrogens is 4. The summed E-state index contributed by atoms with van der Waals surface area (Å²) < 4.78 is 75.4. The van der Waals surface area contributed by atoms with E-state index in [0.717, 1.165) is 24.3 Å². The number of nitrogens with one attached hydrogen (secondary N) is 1. The zero-order valence-corrected chi connectivity index (χ0v) is 18.2. The molecule has 34 heavy (non-hydrogen) atoms. The fourth-order valence-corrected chi connectivity index (χ4v) is 3.91. The van der Waals surface area contributed by atoms with Crippen LogP contribution in [0.15, 0.2) is 78.2 Å². The zero-order chi connectivity index (χ0) is 24.3. The Balaban J connectivity index is 1.45. The number of imidazole rings is 1. The first-order valence-electron chi connectivity index (χ1n) is 9.58. The van der Waals surface area contributed by atoms with E-state index in [1.165, 1.54) is 24.3 Å². The lowest BCUT2D eigenvalue weighted by Gasteiger charge is -2.11. The summed E-state index contributed by atoms with van der Waals surface area (Å²) in [6.07, 6.45) is 0.0586. The predicted octanol–water partition coefficient (Wildman–Crippen LogP) is 4.46. The van der Waals surface area contributed by atoms with Crippen molar-refractivity contribution in [3.05, 3.63) is 79.1 Å². The average Bonchev–Trinajstić information content (AvgIpc) is 3.29. The molecular formula is C21H16F3N5O4S. The molecule has 0 aliphatic heterocycles. The molecule has 0 saturated heterocycles. The lowest BCUT2D eigenvalue weighted by molar-refractivity contribution is -0.274. The van der Waals surface area contributed by atoms with Gasteiger partial charge in [-0.1, -0.05) is 0 Å². The summed E-state index contributed by atoms with van der Waals surface area (Å²) in [5.74, 6) is 1.20. The highest BCUT2D eigenvalue weighted by molar-refractivity contribution is 7.92. The summed E-state index contributed by atoms with van der Waals surface area (Å²) in [7, 11) is -4.04. The SMILES string of the molecule is Cc1nc(Oc2ccc(NS(=O)(=O)c3ccc(OC(F)(F)F)cc3)cc2)cc(-n2ccnc2)n1.